The van der Waals surface area contributed by atoms with Gasteiger partial charge in [-0.2, -0.15) is 9.42 Å². The predicted molar refractivity (Wildman–Crippen MR) is 119 cm³/mol. The van der Waals surface area contributed by atoms with Crippen molar-refractivity contribution in [3.63, 3.8) is 0 Å². The number of hydrogen-bond donors (Lipinski definition) is 1. The molecule has 1 atom stereocenters. The van der Waals surface area contributed by atoms with Crippen molar-refractivity contribution < 1.29 is 13.9 Å². The van der Waals surface area contributed by atoms with E-state index in [0.717, 1.165) is 24.2 Å². The molecule has 1 rings (SSSR count). The maximum absolute atomic E-state index is 11.1. The van der Waals surface area contributed by atoms with Gasteiger partial charge in [-0.25, -0.2) is 0 Å². The second-order valence-corrected chi connectivity index (χ2v) is 11.8. The van der Waals surface area contributed by atoms with Crippen LogP contribution in [-0.4, -0.2) is 17.7 Å². The van der Waals surface area contributed by atoms with Crippen LogP contribution in [0.5, 0.6) is 5.75 Å². The van der Waals surface area contributed by atoms with Gasteiger partial charge in [-0.15, -0.1) is 0 Å². The van der Waals surface area contributed by atoms with Crippen LogP contribution in [0.4, 0.5) is 0 Å². The van der Waals surface area contributed by atoms with Crippen molar-refractivity contribution in [1.29, 1.82) is 0 Å². The molecule has 0 radical (unpaired) electrons. The molecule has 1 N–H and O–H groups in total. The third kappa shape index (κ3) is 7.37. The average Bonchev–Trinajstić information content (AvgIpc) is 2.49. The summed E-state index contributed by atoms with van der Waals surface area (Å²) in [6, 6.07) is 4.36. The molecule has 156 valence electrons. The summed E-state index contributed by atoms with van der Waals surface area (Å²) in [7, 11) is -2.90. The van der Waals surface area contributed by atoms with E-state index in [1.807, 2.05) is 6.92 Å². The second-order valence-electron chi connectivity index (χ2n) is 9.59. The highest BCUT2D eigenvalue weighted by molar-refractivity contribution is 7.61. The summed E-state index contributed by atoms with van der Waals surface area (Å²) < 4.78 is 12.0. The van der Waals surface area contributed by atoms with E-state index in [1.54, 1.807) is 0 Å². The first-order valence-corrected chi connectivity index (χ1v) is 12.2. The van der Waals surface area contributed by atoms with Crippen molar-refractivity contribution in [2.45, 2.75) is 98.8 Å². The van der Waals surface area contributed by atoms with E-state index in [-0.39, 0.29) is 10.8 Å². The third-order valence-corrected chi connectivity index (χ3v) is 6.83. The lowest BCUT2D eigenvalue weighted by atomic mass is 9.78. The Morgan fingerprint density at radius 2 is 1.48 bits per heavy atom. The lowest BCUT2D eigenvalue weighted by molar-refractivity contribution is 0.245. The van der Waals surface area contributed by atoms with Crippen molar-refractivity contribution in [3.05, 3.63) is 28.8 Å². The molecule has 1 unspecified atom stereocenters. The van der Waals surface area contributed by atoms with E-state index in [4.69, 9.17) is 9.05 Å². The Balaban J connectivity index is 3.26. The van der Waals surface area contributed by atoms with E-state index in [1.165, 1.54) is 24.0 Å². The largest absolute Gasteiger partial charge is 0.454 e. The Morgan fingerprint density at radius 3 is 1.96 bits per heavy atom. The van der Waals surface area contributed by atoms with E-state index in [9.17, 15) is 4.89 Å². The molecule has 0 spiro atoms. The van der Waals surface area contributed by atoms with Crippen molar-refractivity contribution in [3.8, 4) is 5.75 Å². The van der Waals surface area contributed by atoms with Crippen LogP contribution in [0.2, 0.25) is 0 Å². The summed E-state index contributed by atoms with van der Waals surface area (Å²) in [4.78, 5) is 11.1. The molecule has 0 saturated heterocycles. The Bertz CT molecular complexity index is 599. The zero-order valence-electron chi connectivity index (χ0n) is 19.1. The molecule has 0 fully saturated rings. The van der Waals surface area contributed by atoms with Gasteiger partial charge in [0.25, 0.3) is 0 Å². The first-order chi connectivity index (χ1) is 12.3. The molecule has 0 saturated carbocycles. The Hall–Kier alpha value is -0.630. The van der Waals surface area contributed by atoms with Gasteiger partial charge in [-0.1, -0.05) is 67.4 Å². The van der Waals surface area contributed by atoms with Crippen LogP contribution in [-0.2, 0) is 15.4 Å². The minimum Gasteiger partial charge on any atom is -0.287 e. The molecule has 0 aliphatic rings. The topological polar surface area (TPSA) is 38.7 Å². The molecule has 4 heteroatoms. The maximum atomic E-state index is 11.1. The summed E-state index contributed by atoms with van der Waals surface area (Å²) in [6.07, 6.45) is 4.97. The number of rotatable bonds is 9. The first-order valence-electron chi connectivity index (χ1n) is 10.4. The van der Waals surface area contributed by atoms with Gasteiger partial charge in [-0.3, -0.25) is 4.52 Å². The minimum absolute atomic E-state index is 0.0636. The van der Waals surface area contributed by atoms with Gasteiger partial charge in [0.2, 0.25) is 0 Å². The molecular weight excluding hydrogens is 355 g/mol. The number of unbranched alkanes of at least 4 members (excludes halogenated alkanes) is 3. The fraction of sp³-hybridized carbons (Fsp3) is 0.739. The highest BCUT2D eigenvalue weighted by atomic mass is 31.2. The molecule has 0 aromatic heterocycles. The van der Waals surface area contributed by atoms with Crippen LogP contribution in [0.25, 0.3) is 0 Å². The van der Waals surface area contributed by atoms with Crippen LogP contribution in [0.15, 0.2) is 12.1 Å². The summed E-state index contributed by atoms with van der Waals surface area (Å²) >= 11 is 0. The molecule has 0 heterocycles. The SMILES string of the molecule is CCCCCC[P+](O)(OCC)Oc1cc(C)c(C(C)(C)C)cc1C(C)(C)C. The van der Waals surface area contributed by atoms with Crippen molar-refractivity contribution in [1.82, 2.24) is 0 Å². The number of benzene rings is 1. The molecule has 3 nitrogen and oxygen atoms in total. The van der Waals surface area contributed by atoms with Crippen LogP contribution in [0, 0.1) is 6.92 Å². The van der Waals surface area contributed by atoms with E-state index in [2.05, 4.69) is 67.5 Å². The second kappa shape index (κ2) is 9.72. The van der Waals surface area contributed by atoms with E-state index < -0.39 is 7.94 Å². The molecule has 1 aromatic rings. The molecular formula is C23H42O3P+. The van der Waals surface area contributed by atoms with Gasteiger partial charge in [0, 0.05) is 5.56 Å². The molecule has 0 aliphatic carbocycles. The summed E-state index contributed by atoms with van der Waals surface area (Å²) in [5.41, 5.74) is 3.63. The summed E-state index contributed by atoms with van der Waals surface area (Å²) in [5.74, 6) is 0.771. The number of hydrogen-bond acceptors (Lipinski definition) is 3. The highest BCUT2D eigenvalue weighted by Crippen LogP contribution is 2.58. The van der Waals surface area contributed by atoms with Gasteiger partial charge >= 0.3 is 7.94 Å². The minimum atomic E-state index is -2.90. The fourth-order valence-electron chi connectivity index (χ4n) is 3.38. The standard InChI is InChI=1S/C23H42O3P/c1-10-12-13-14-15-27(24,25-11-2)26-21-16-18(3)19(22(4,5)6)17-20(21)23(7,8)9/h16-17,24H,10-15H2,1-9H3/q+1. The molecule has 0 amide bonds. The quantitative estimate of drug-likeness (QED) is 0.350. The molecule has 0 aliphatic heterocycles. The first kappa shape index (κ1) is 24.4. The Labute approximate surface area is 168 Å². The smallest absolute Gasteiger partial charge is 0.287 e. The van der Waals surface area contributed by atoms with Crippen molar-refractivity contribution in [2.24, 2.45) is 0 Å². The van der Waals surface area contributed by atoms with Gasteiger partial charge in [0.15, 0.2) is 5.75 Å². The lowest BCUT2D eigenvalue weighted by Gasteiger charge is -2.29. The third-order valence-electron chi connectivity index (χ3n) is 4.81. The van der Waals surface area contributed by atoms with Gasteiger partial charge in [0.1, 0.15) is 6.16 Å². The van der Waals surface area contributed by atoms with Crippen LogP contribution in [0.1, 0.15) is 97.8 Å². The predicted octanol–water partition coefficient (Wildman–Crippen LogP) is 7.34. The van der Waals surface area contributed by atoms with Gasteiger partial charge in [-0.05, 0) is 54.7 Å². The molecule has 1 aromatic carbocycles. The Kier molecular flexibility index (Phi) is 8.79. The normalized spacial score (nSPS) is 14.9. The van der Waals surface area contributed by atoms with E-state index >= 15 is 0 Å². The summed E-state index contributed by atoms with van der Waals surface area (Å²) in [5, 5.41) is 0. The fourth-order valence-corrected chi connectivity index (χ4v) is 5.14. The van der Waals surface area contributed by atoms with Crippen LogP contribution >= 0.6 is 7.94 Å². The van der Waals surface area contributed by atoms with Crippen LogP contribution in [0.3, 0.4) is 0 Å². The number of aryl methyl sites for hydroxylation is 1. The van der Waals surface area contributed by atoms with Gasteiger partial charge < -0.3 is 0 Å². The summed E-state index contributed by atoms with van der Waals surface area (Å²) in [6.45, 7) is 20.0. The Morgan fingerprint density at radius 1 is 0.889 bits per heavy atom. The zero-order chi connectivity index (χ0) is 20.9. The highest BCUT2D eigenvalue weighted by Gasteiger charge is 2.42. The van der Waals surface area contributed by atoms with Crippen molar-refractivity contribution in [2.75, 3.05) is 12.8 Å². The molecule has 27 heavy (non-hydrogen) atoms. The lowest BCUT2D eigenvalue weighted by Crippen LogP contribution is -2.20. The zero-order valence-corrected chi connectivity index (χ0v) is 20.0. The van der Waals surface area contributed by atoms with E-state index in [0.29, 0.717) is 12.8 Å². The average molecular weight is 398 g/mol. The van der Waals surface area contributed by atoms with Crippen LogP contribution < -0.4 is 4.52 Å². The maximum Gasteiger partial charge on any atom is 0.454 e. The van der Waals surface area contributed by atoms with Crippen molar-refractivity contribution >= 4 is 7.94 Å². The van der Waals surface area contributed by atoms with Gasteiger partial charge in [0.05, 0.1) is 6.61 Å². The monoisotopic (exact) mass is 397 g/mol. The molecule has 0 bridgehead atoms.